The van der Waals surface area contributed by atoms with Crippen molar-refractivity contribution in [1.82, 2.24) is 4.90 Å². The van der Waals surface area contributed by atoms with Gasteiger partial charge in [0.25, 0.3) is 0 Å². The van der Waals surface area contributed by atoms with Crippen molar-refractivity contribution >= 4 is 0 Å². The first-order chi connectivity index (χ1) is 8.70. The second kappa shape index (κ2) is 6.25. The van der Waals surface area contributed by atoms with E-state index in [1.54, 1.807) is 6.07 Å². The van der Waals surface area contributed by atoms with Crippen LogP contribution in [0.3, 0.4) is 0 Å². The highest BCUT2D eigenvalue weighted by Gasteiger charge is 2.24. The maximum Gasteiger partial charge on any atom is 0.130 e. The molecule has 1 saturated heterocycles. The Kier molecular flexibility index (Phi) is 4.66. The van der Waals surface area contributed by atoms with Gasteiger partial charge in [0.05, 0.1) is 0 Å². The smallest absolute Gasteiger partial charge is 0.130 e. The van der Waals surface area contributed by atoms with Crippen LogP contribution in [-0.4, -0.2) is 24.0 Å². The van der Waals surface area contributed by atoms with Crippen LogP contribution in [0.1, 0.15) is 31.2 Å². The van der Waals surface area contributed by atoms with E-state index < -0.39 is 11.6 Å². The molecule has 0 radical (unpaired) electrons. The Bertz CT molecular complexity index is 395. The van der Waals surface area contributed by atoms with Crippen molar-refractivity contribution < 1.29 is 8.78 Å². The van der Waals surface area contributed by atoms with Crippen molar-refractivity contribution in [3.63, 3.8) is 0 Å². The minimum atomic E-state index is -0.516. The molecule has 1 aliphatic rings. The van der Waals surface area contributed by atoms with E-state index in [-0.39, 0.29) is 0 Å². The van der Waals surface area contributed by atoms with Crippen molar-refractivity contribution in [2.45, 2.75) is 38.3 Å². The summed E-state index contributed by atoms with van der Waals surface area (Å²) < 4.78 is 26.4. The van der Waals surface area contributed by atoms with Gasteiger partial charge < -0.3 is 5.73 Å². The van der Waals surface area contributed by atoms with E-state index in [4.69, 9.17) is 5.73 Å². The number of benzene rings is 1. The Balaban J connectivity index is 1.99. The molecule has 1 aromatic carbocycles. The summed E-state index contributed by atoms with van der Waals surface area (Å²) in [5, 5.41) is 0. The van der Waals surface area contributed by atoms with Crippen molar-refractivity contribution in [2.24, 2.45) is 5.73 Å². The largest absolute Gasteiger partial charge is 0.330 e. The molecule has 0 saturated carbocycles. The van der Waals surface area contributed by atoms with Gasteiger partial charge in [0.1, 0.15) is 11.6 Å². The summed E-state index contributed by atoms with van der Waals surface area (Å²) in [6, 6.07) is 4.32. The van der Waals surface area contributed by atoms with Gasteiger partial charge in [0, 0.05) is 24.2 Å². The van der Waals surface area contributed by atoms with Gasteiger partial charge >= 0.3 is 0 Å². The number of halogens is 2. The van der Waals surface area contributed by atoms with Crippen LogP contribution in [0.15, 0.2) is 18.2 Å². The quantitative estimate of drug-likeness (QED) is 0.875. The normalized spacial score (nSPS) is 20.5. The maximum atomic E-state index is 13.6. The van der Waals surface area contributed by atoms with Crippen molar-refractivity contribution in [3.05, 3.63) is 35.4 Å². The van der Waals surface area contributed by atoms with Crippen LogP contribution < -0.4 is 5.73 Å². The molecule has 100 valence electrons. The van der Waals surface area contributed by atoms with E-state index in [0.717, 1.165) is 38.3 Å². The number of rotatable bonds is 5. The number of hydrogen-bond donors (Lipinski definition) is 1. The topological polar surface area (TPSA) is 29.3 Å². The summed E-state index contributed by atoms with van der Waals surface area (Å²) in [7, 11) is 0. The number of nitrogens with two attached hydrogens (primary N) is 1. The molecule has 0 aromatic heterocycles. The van der Waals surface area contributed by atoms with Gasteiger partial charge in [-0.2, -0.15) is 0 Å². The third kappa shape index (κ3) is 3.27. The molecule has 18 heavy (non-hydrogen) atoms. The first-order valence-corrected chi connectivity index (χ1v) is 6.58. The highest BCUT2D eigenvalue weighted by atomic mass is 19.1. The van der Waals surface area contributed by atoms with Crippen molar-refractivity contribution in [2.75, 3.05) is 13.1 Å². The first kappa shape index (κ1) is 13.4. The molecule has 1 aromatic rings. The number of nitrogens with zero attached hydrogens (tertiary/aromatic N) is 1. The van der Waals surface area contributed by atoms with Crippen LogP contribution >= 0.6 is 0 Å². The van der Waals surface area contributed by atoms with Crippen LogP contribution in [0.25, 0.3) is 0 Å². The molecular weight excluding hydrogens is 234 g/mol. The lowest BCUT2D eigenvalue weighted by atomic mass is 10.1. The highest BCUT2D eigenvalue weighted by Crippen LogP contribution is 2.24. The zero-order valence-corrected chi connectivity index (χ0v) is 10.5. The van der Waals surface area contributed by atoms with Gasteiger partial charge in [0.2, 0.25) is 0 Å². The van der Waals surface area contributed by atoms with Gasteiger partial charge in [0.15, 0.2) is 0 Å². The third-order valence-corrected chi connectivity index (χ3v) is 3.63. The van der Waals surface area contributed by atoms with E-state index in [0.29, 0.717) is 24.7 Å². The van der Waals surface area contributed by atoms with E-state index in [1.807, 2.05) is 0 Å². The summed E-state index contributed by atoms with van der Waals surface area (Å²) in [4.78, 5) is 2.28. The average molecular weight is 254 g/mol. The minimum Gasteiger partial charge on any atom is -0.330 e. The van der Waals surface area contributed by atoms with Gasteiger partial charge in [-0.3, -0.25) is 4.90 Å². The SMILES string of the molecule is NCCCC1CCCN1Cc1ccc(F)cc1F. The summed E-state index contributed by atoms with van der Waals surface area (Å²) in [6.45, 7) is 2.27. The van der Waals surface area contributed by atoms with E-state index in [1.165, 1.54) is 6.07 Å². The fraction of sp³-hybridized carbons (Fsp3) is 0.571. The second-order valence-electron chi connectivity index (χ2n) is 4.93. The third-order valence-electron chi connectivity index (χ3n) is 3.63. The van der Waals surface area contributed by atoms with Gasteiger partial charge in [-0.15, -0.1) is 0 Å². The van der Waals surface area contributed by atoms with Crippen LogP contribution in [0.5, 0.6) is 0 Å². The molecule has 4 heteroatoms. The standard InChI is InChI=1S/C14H20F2N2/c15-12-6-5-11(14(16)9-12)10-18-8-2-4-13(18)3-1-7-17/h5-6,9,13H,1-4,7-8,10,17H2. The molecule has 1 atom stereocenters. The molecule has 2 rings (SSSR count). The molecule has 2 N–H and O–H groups in total. The van der Waals surface area contributed by atoms with Gasteiger partial charge in [-0.1, -0.05) is 6.07 Å². The van der Waals surface area contributed by atoms with Crippen LogP contribution in [0, 0.1) is 11.6 Å². The lowest BCUT2D eigenvalue weighted by Gasteiger charge is -2.24. The zero-order chi connectivity index (χ0) is 13.0. The summed E-state index contributed by atoms with van der Waals surface area (Å²) in [5.74, 6) is -0.961. The monoisotopic (exact) mass is 254 g/mol. The summed E-state index contributed by atoms with van der Waals surface area (Å²) in [6.07, 6.45) is 4.38. The Labute approximate surface area is 107 Å². The molecule has 1 unspecified atom stereocenters. The highest BCUT2D eigenvalue weighted by molar-refractivity contribution is 5.18. The van der Waals surface area contributed by atoms with Crippen LogP contribution in [-0.2, 0) is 6.54 Å². The zero-order valence-electron chi connectivity index (χ0n) is 10.5. The fourth-order valence-electron chi connectivity index (χ4n) is 2.65. The Morgan fingerprint density at radius 3 is 2.89 bits per heavy atom. The first-order valence-electron chi connectivity index (χ1n) is 6.58. The molecule has 0 aliphatic carbocycles. The lowest BCUT2D eigenvalue weighted by Crippen LogP contribution is -2.29. The Morgan fingerprint density at radius 1 is 1.33 bits per heavy atom. The van der Waals surface area contributed by atoms with Crippen LogP contribution in [0.4, 0.5) is 8.78 Å². The second-order valence-corrected chi connectivity index (χ2v) is 4.93. The Morgan fingerprint density at radius 2 is 2.17 bits per heavy atom. The Hall–Kier alpha value is -1.00. The summed E-state index contributed by atoms with van der Waals surface area (Å²) in [5.41, 5.74) is 6.10. The molecular formula is C14H20F2N2. The predicted molar refractivity (Wildman–Crippen MR) is 68.1 cm³/mol. The van der Waals surface area contributed by atoms with Crippen molar-refractivity contribution in [1.29, 1.82) is 0 Å². The van der Waals surface area contributed by atoms with E-state index in [9.17, 15) is 8.78 Å². The molecule has 1 aliphatic heterocycles. The number of hydrogen-bond acceptors (Lipinski definition) is 2. The fourth-order valence-corrected chi connectivity index (χ4v) is 2.65. The summed E-state index contributed by atoms with van der Waals surface area (Å²) >= 11 is 0. The van der Waals surface area contributed by atoms with Gasteiger partial charge in [-0.25, -0.2) is 8.78 Å². The van der Waals surface area contributed by atoms with Crippen LogP contribution in [0.2, 0.25) is 0 Å². The van der Waals surface area contributed by atoms with Crippen molar-refractivity contribution in [3.8, 4) is 0 Å². The molecule has 0 amide bonds. The number of likely N-dealkylation sites (tertiary alicyclic amines) is 1. The van der Waals surface area contributed by atoms with Gasteiger partial charge in [-0.05, 0) is 44.8 Å². The predicted octanol–water partition coefficient (Wildman–Crippen LogP) is 2.67. The molecule has 2 nitrogen and oxygen atoms in total. The molecule has 0 bridgehead atoms. The van der Waals surface area contributed by atoms with E-state index >= 15 is 0 Å². The molecule has 0 spiro atoms. The average Bonchev–Trinajstić information content (AvgIpc) is 2.77. The minimum absolute atomic E-state index is 0.445. The van der Waals surface area contributed by atoms with E-state index in [2.05, 4.69) is 4.90 Å². The maximum absolute atomic E-state index is 13.6. The molecule has 1 heterocycles. The lowest BCUT2D eigenvalue weighted by molar-refractivity contribution is 0.229. The molecule has 1 fully saturated rings.